The van der Waals surface area contributed by atoms with Crippen LogP contribution in [0.3, 0.4) is 0 Å². The first kappa shape index (κ1) is 19.6. The van der Waals surface area contributed by atoms with E-state index in [1.807, 2.05) is 6.07 Å². The van der Waals surface area contributed by atoms with Gasteiger partial charge in [-0.15, -0.1) is 11.3 Å². The predicted octanol–water partition coefficient (Wildman–Crippen LogP) is 6.88. The lowest BCUT2D eigenvalue weighted by atomic mass is 9.67. The van der Waals surface area contributed by atoms with Gasteiger partial charge in [0, 0.05) is 4.88 Å². The van der Waals surface area contributed by atoms with Gasteiger partial charge in [0.25, 0.3) is 0 Å². The third-order valence-corrected chi connectivity index (χ3v) is 6.90. The van der Waals surface area contributed by atoms with E-state index < -0.39 is 5.60 Å². The van der Waals surface area contributed by atoms with Crippen LogP contribution in [0.15, 0.2) is 64.5 Å². The summed E-state index contributed by atoms with van der Waals surface area (Å²) >= 11 is 5.33. The molecule has 1 nitrogen and oxygen atoms in total. The Morgan fingerprint density at radius 3 is 2.15 bits per heavy atom. The largest absolute Gasteiger partial charge is 0.405 e. The number of hydrogen-bond acceptors (Lipinski definition) is 2. The van der Waals surface area contributed by atoms with Crippen molar-refractivity contribution < 1.29 is 4.43 Å². The normalized spacial score (nSPS) is 14.2. The first-order chi connectivity index (χ1) is 12.3. The average Bonchev–Trinajstić information content (AvgIpc) is 3.03. The van der Waals surface area contributed by atoms with E-state index in [9.17, 15) is 0 Å². The van der Waals surface area contributed by atoms with Crippen LogP contribution in [-0.4, -0.2) is 10.5 Å². The molecule has 0 bridgehead atoms. The lowest BCUT2D eigenvalue weighted by molar-refractivity contribution is 0.00626. The van der Waals surface area contributed by atoms with Gasteiger partial charge in [-0.3, -0.25) is 0 Å². The Bertz CT molecular complexity index is 898. The van der Waals surface area contributed by atoms with Gasteiger partial charge in [-0.1, -0.05) is 69.3 Å². The van der Waals surface area contributed by atoms with Crippen molar-refractivity contribution in [1.29, 1.82) is 0 Å². The second-order valence-electron chi connectivity index (χ2n) is 7.48. The van der Waals surface area contributed by atoms with Crippen LogP contribution in [0.4, 0.5) is 0 Å². The van der Waals surface area contributed by atoms with Gasteiger partial charge in [0.05, 0.1) is 3.79 Å². The Morgan fingerprint density at radius 2 is 1.62 bits per heavy atom. The zero-order valence-electron chi connectivity index (χ0n) is 15.5. The molecule has 133 valence electrons. The van der Waals surface area contributed by atoms with Crippen LogP contribution in [0.1, 0.15) is 37.5 Å². The van der Waals surface area contributed by atoms with Crippen LogP contribution in [0.2, 0.25) is 0 Å². The first-order valence-electron chi connectivity index (χ1n) is 8.57. The van der Waals surface area contributed by atoms with Gasteiger partial charge in [-0.2, -0.15) is 0 Å². The third kappa shape index (κ3) is 3.24. The second-order valence-corrected chi connectivity index (χ2v) is 10.1. The summed E-state index contributed by atoms with van der Waals surface area (Å²) in [7, 11) is 3.45. The van der Waals surface area contributed by atoms with Crippen LogP contribution in [-0.2, 0) is 10.0 Å². The van der Waals surface area contributed by atoms with Crippen molar-refractivity contribution in [3.05, 3.63) is 81.1 Å². The van der Waals surface area contributed by atoms with E-state index >= 15 is 0 Å². The molecule has 1 aromatic heterocycles. The van der Waals surface area contributed by atoms with E-state index in [1.54, 1.807) is 11.3 Å². The summed E-state index contributed by atoms with van der Waals surface area (Å²) in [5.41, 5.74) is 4.00. The molecule has 0 aliphatic carbocycles. The summed E-state index contributed by atoms with van der Waals surface area (Å²) < 4.78 is 7.29. The molecule has 0 fully saturated rings. The highest BCUT2D eigenvalue weighted by Gasteiger charge is 2.46. The van der Waals surface area contributed by atoms with Crippen LogP contribution in [0.5, 0.6) is 0 Å². The standard InChI is InChI=1S/C22H22BrOSSi/c1-15-17(19-13-14-20(23)25-19)11-8-12-18(15)22(24-26,21(2,3)4)16-9-6-5-7-10-16/h5-14H,1-4H3. The highest BCUT2D eigenvalue weighted by atomic mass is 79.9. The van der Waals surface area contributed by atoms with E-state index in [4.69, 9.17) is 4.43 Å². The number of hydrogen-bond donors (Lipinski definition) is 0. The van der Waals surface area contributed by atoms with Crippen molar-refractivity contribution in [2.75, 3.05) is 0 Å². The summed E-state index contributed by atoms with van der Waals surface area (Å²) in [6.45, 7) is 8.84. The Labute approximate surface area is 172 Å². The summed E-state index contributed by atoms with van der Waals surface area (Å²) in [6.07, 6.45) is 0. The van der Waals surface area contributed by atoms with Gasteiger partial charge in [-0.25, -0.2) is 0 Å². The highest BCUT2D eigenvalue weighted by molar-refractivity contribution is 9.11. The first-order valence-corrected chi connectivity index (χ1v) is 10.6. The van der Waals surface area contributed by atoms with Gasteiger partial charge in [0.15, 0.2) is 0 Å². The fourth-order valence-corrected chi connectivity index (χ4v) is 5.68. The fourth-order valence-electron chi connectivity index (χ4n) is 3.68. The van der Waals surface area contributed by atoms with Crippen molar-refractivity contribution in [2.45, 2.75) is 33.3 Å². The minimum absolute atomic E-state index is 0.171. The maximum atomic E-state index is 6.15. The van der Waals surface area contributed by atoms with Crippen LogP contribution < -0.4 is 0 Å². The van der Waals surface area contributed by atoms with Crippen molar-refractivity contribution in [3.63, 3.8) is 0 Å². The van der Waals surface area contributed by atoms with Crippen LogP contribution in [0.25, 0.3) is 10.4 Å². The molecule has 1 heterocycles. The molecule has 0 aliphatic heterocycles. The maximum Gasteiger partial charge on any atom is 0.248 e. The number of benzene rings is 2. The molecule has 0 aliphatic rings. The Kier molecular flexibility index (Phi) is 5.59. The zero-order valence-corrected chi connectivity index (χ0v) is 18.9. The van der Waals surface area contributed by atoms with Crippen LogP contribution in [0, 0.1) is 12.3 Å². The molecular formula is C22H22BrOSSi. The van der Waals surface area contributed by atoms with Gasteiger partial charge in [0.2, 0.25) is 10.5 Å². The summed E-state index contributed by atoms with van der Waals surface area (Å²) in [6, 6.07) is 21.2. The van der Waals surface area contributed by atoms with Gasteiger partial charge >= 0.3 is 0 Å². The lowest BCUT2D eigenvalue weighted by Crippen LogP contribution is -2.44. The molecule has 3 aromatic rings. The molecule has 4 heteroatoms. The monoisotopic (exact) mass is 441 g/mol. The van der Waals surface area contributed by atoms with Crippen molar-refractivity contribution >= 4 is 37.8 Å². The quantitative estimate of drug-likeness (QED) is 0.401. The highest BCUT2D eigenvalue weighted by Crippen LogP contribution is 2.49. The lowest BCUT2D eigenvalue weighted by Gasteiger charge is -2.46. The van der Waals surface area contributed by atoms with Crippen molar-refractivity contribution in [1.82, 2.24) is 0 Å². The molecule has 0 N–H and O–H groups in total. The zero-order chi connectivity index (χ0) is 18.9. The number of rotatable bonds is 4. The van der Waals surface area contributed by atoms with Gasteiger partial charge in [-0.05, 0) is 62.7 Å². The van der Waals surface area contributed by atoms with Crippen molar-refractivity contribution in [3.8, 4) is 10.4 Å². The third-order valence-electron chi connectivity index (χ3n) is 4.94. The number of thiophene rings is 1. The summed E-state index contributed by atoms with van der Waals surface area (Å²) in [5.74, 6) is 0. The molecule has 0 saturated heterocycles. The molecule has 2 aromatic carbocycles. The molecule has 0 spiro atoms. The minimum Gasteiger partial charge on any atom is -0.405 e. The van der Waals surface area contributed by atoms with E-state index in [-0.39, 0.29) is 5.41 Å². The molecule has 3 rings (SSSR count). The Morgan fingerprint density at radius 1 is 0.923 bits per heavy atom. The average molecular weight is 442 g/mol. The van der Waals surface area contributed by atoms with E-state index in [0.29, 0.717) is 0 Å². The van der Waals surface area contributed by atoms with E-state index in [0.717, 1.165) is 9.35 Å². The summed E-state index contributed by atoms with van der Waals surface area (Å²) in [4.78, 5) is 1.25. The minimum atomic E-state index is -0.611. The van der Waals surface area contributed by atoms with Gasteiger partial charge in [0.1, 0.15) is 5.60 Å². The predicted molar refractivity (Wildman–Crippen MR) is 116 cm³/mol. The number of halogens is 1. The van der Waals surface area contributed by atoms with Crippen molar-refractivity contribution in [2.24, 2.45) is 5.41 Å². The van der Waals surface area contributed by atoms with E-state index in [2.05, 4.69) is 109 Å². The SMILES string of the molecule is Cc1c(-c2ccc(Br)s2)cccc1C(O[Si])(c1ccccc1)C(C)(C)C. The topological polar surface area (TPSA) is 9.23 Å². The second kappa shape index (κ2) is 7.43. The smallest absolute Gasteiger partial charge is 0.248 e. The van der Waals surface area contributed by atoms with Crippen LogP contribution >= 0.6 is 27.3 Å². The Hall–Kier alpha value is -1.20. The fraction of sp³-hybridized carbons (Fsp3) is 0.273. The molecule has 0 saturated carbocycles. The molecule has 1 unspecified atom stereocenters. The Balaban J connectivity index is 2.30. The maximum absolute atomic E-state index is 6.15. The summed E-state index contributed by atoms with van der Waals surface area (Å²) in [5, 5.41) is 0. The van der Waals surface area contributed by atoms with E-state index in [1.165, 1.54) is 21.6 Å². The molecule has 3 radical (unpaired) electrons. The molecule has 1 atom stereocenters. The molecule has 26 heavy (non-hydrogen) atoms. The molecule has 0 amide bonds. The van der Waals surface area contributed by atoms with Gasteiger partial charge < -0.3 is 4.43 Å². The molecular weight excluding hydrogens is 420 g/mol.